The number of ether oxygens (including phenoxy) is 1. The summed E-state index contributed by atoms with van der Waals surface area (Å²) in [6, 6.07) is 13.4. The fraction of sp³-hybridized carbons (Fsp3) is 0.294. The first-order valence-corrected chi connectivity index (χ1v) is 6.67. The molecule has 0 amide bonds. The van der Waals surface area contributed by atoms with Gasteiger partial charge in [0.25, 0.3) is 0 Å². The van der Waals surface area contributed by atoms with Crippen molar-refractivity contribution in [3.8, 4) is 5.75 Å². The zero-order valence-corrected chi connectivity index (χ0v) is 11.7. The maximum atomic E-state index is 5.27. The first-order valence-electron chi connectivity index (χ1n) is 6.67. The van der Waals surface area contributed by atoms with Crippen LogP contribution in [0.1, 0.15) is 12.5 Å². The maximum absolute atomic E-state index is 5.27. The van der Waals surface area contributed by atoms with Gasteiger partial charge < -0.3 is 4.74 Å². The van der Waals surface area contributed by atoms with E-state index in [4.69, 9.17) is 4.74 Å². The van der Waals surface area contributed by atoms with Gasteiger partial charge in [0.15, 0.2) is 0 Å². The summed E-state index contributed by atoms with van der Waals surface area (Å²) in [5, 5.41) is 2.49. The van der Waals surface area contributed by atoms with Crippen LogP contribution >= 0.6 is 0 Å². The first kappa shape index (κ1) is 12.2. The number of fused-ring (bicyclic) bond motifs is 1. The SMILES string of the molecule is COc1ccc2cc(C3=CCN(C)[C@H]3C)ccc2c1. The molecule has 1 aliphatic rings. The van der Waals surface area contributed by atoms with Crippen LogP contribution in [0.25, 0.3) is 16.3 Å². The van der Waals surface area contributed by atoms with Gasteiger partial charge in [-0.3, -0.25) is 4.90 Å². The molecule has 2 aromatic carbocycles. The van der Waals surface area contributed by atoms with Gasteiger partial charge in [-0.1, -0.05) is 24.3 Å². The van der Waals surface area contributed by atoms with Crippen LogP contribution in [0.3, 0.4) is 0 Å². The summed E-state index contributed by atoms with van der Waals surface area (Å²) in [5.41, 5.74) is 2.76. The summed E-state index contributed by atoms with van der Waals surface area (Å²) >= 11 is 0. The van der Waals surface area contributed by atoms with E-state index in [0.29, 0.717) is 6.04 Å². The zero-order valence-electron chi connectivity index (χ0n) is 11.7. The molecule has 2 heteroatoms. The van der Waals surface area contributed by atoms with E-state index in [0.717, 1.165) is 12.3 Å². The minimum Gasteiger partial charge on any atom is -0.497 e. The molecule has 0 bridgehead atoms. The van der Waals surface area contributed by atoms with Gasteiger partial charge in [0.05, 0.1) is 7.11 Å². The normalized spacial score (nSPS) is 19.7. The first-order chi connectivity index (χ1) is 9.19. The van der Waals surface area contributed by atoms with E-state index in [1.807, 2.05) is 6.07 Å². The average Bonchev–Trinajstić information content (AvgIpc) is 2.78. The van der Waals surface area contributed by atoms with Gasteiger partial charge in [0.2, 0.25) is 0 Å². The molecule has 0 saturated heterocycles. The number of methoxy groups -OCH3 is 1. The summed E-state index contributed by atoms with van der Waals surface area (Å²) in [5.74, 6) is 0.911. The van der Waals surface area contributed by atoms with Gasteiger partial charge >= 0.3 is 0 Å². The lowest BCUT2D eigenvalue weighted by Crippen LogP contribution is -2.24. The van der Waals surface area contributed by atoms with E-state index in [1.54, 1.807) is 7.11 Å². The van der Waals surface area contributed by atoms with E-state index >= 15 is 0 Å². The highest BCUT2D eigenvalue weighted by molar-refractivity contribution is 5.88. The van der Waals surface area contributed by atoms with E-state index in [-0.39, 0.29) is 0 Å². The highest BCUT2D eigenvalue weighted by Gasteiger charge is 2.20. The molecule has 0 aromatic heterocycles. The van der Waals surface area contributed by atoms with Gasteiger partial charge in [-0.15, -0.1) is 0 Å². The third-order valence-corrected chi connectivity index (χ3v) is 4.09. The van der Waals surface area contributed by atoms with Crippen LogP contribution in [0.15, 0.2) is 42.5 Å². The number of hydrogen-bond donors (Lipinski definition) is 0. The molecule has 1 aliphatic heterocycles. The molecule has 98 valence electrons. The van der Waals surface area contributed by atoms with Gasteiger partial charge in [-0.2, -0.15) is 0 Å². The quantitative estimate of drug-likeness (QED) is 0.811. The van der Waals surface area contributed by atoms with Crippen LogP contribution in [-0.2, 0) is 0 Å². The molecule has 19 heavy (non-hydrogen) atoms. The van der Waals surface area contributed by atoms with Crippen LogP contribution in [0.5, 0.6) is 5.75 Å². The van der Waals surface area contributed by atoms with Crippen molar-refractivity contribution >= 4 is 16.3 Å². The number of nitrogens with zero attached hydrogens (tertiary/aromatic N) is 1. The van der Waals surface area contributed by atoms with Crippen LogP contribution in [-0.4, -0.2) is 31.6 Å². The highest BCUT2D eigenvalue weighted by atomic mass is 16.5. The Balaban J connectivity index is 2.03. The molecule has 0 N–H and O–H groups in total. The summed E-state index contributed by atoms with van der Waals surface area (Å²) in [6.07, 6.45) is 2.33. The monoisotopic (exact) mass is 253 g/mol. The minimum absolute atomic E-state index is 0.496. The summed E-state index contributed by atoms with van der Waals surface area (Å²) in [4.78, 5) is 2.35. The third kappa shape index (κ3) is 2.13. The van der Waals surface area contributed by atoms with Crippen molar-refractivity contribution in [3.63, 3.8) is 0 Å². The molecular formula is C17H19NO. The van der Waals surface area contributed by atoms with Gasteiger partial charge in [0, 0.05) is 12.6 Å². The molecule has 0 fully saturated rings. The Morgan fingerprint density at radius 3 is 2.53 bits per heavy atom. The van der Waals surface area contributed by atoms with Crippen molar-refractivity contribution in [2.75, 3.05) is 20.7 Å². The van der Waals surface area contributed by atoms with E-state index in [1.165, 1.54) is 21.9 Å². The fourth-order valence-electron chi connectivity index (χ4n) is 2.70. The van der Waals surface area contributed by atoms with Crippen molar-refractivity contribution < 1.29 is 4.74 Å². The lowest BCUT2D eigenvalue weighted by atomic mass is 9.98. The summed E-state index contributed by atoms with van der Waals surface area (Å²) < 4.78 is 5.27. The second kappa shape index (κ2) is 4.71. The minimum atomic E-state index is 0.496. The van der Waals surface area contributed by atoms with Crippen LogP contribution in [0.2, 0.25) is 0 Å². The van der Waals surface area contributed by atoms with Gasteiger partial charge in [-0.05, 0) is 54.1 Å². The van der Waals surface area contributed by atoms with Crippen molar-refractivity contribution in [2.45, 2.75) is 13.0 Å². The number of hydrogen-bond acceptors (Lipinski definition) is 2. The molecular weight excluding hydrogens is 234 g/mol. The van der Waals surface area contributed by atoms with Crippen molar-refractivity contribution in [3.05, 3.63) is 48.0 Å². The van der Waals surface area contributed by atoms with Crippen molar-refractivity contribution in [1.82, 2.24) is 4.90 Å². The van der Waals surface area contributed by atoms with Crippen LogP contribution < -0.4 is 4.74 Å². The Labute approximate surface area is 114 Å². The molecule has 3 rings (SSSR count). The van der Waals surface area contributed by atoms with Crippen molar-refractivity contribution in [1.29, 1.82) is 0 Å². The molecule has 2 nitrogen and oxygen atoms in total. The number of likely N-dealkylation sites (N-methyl/N-ethyl adjacent to an activating group) is 1. The zero-order chi connectivity index (χ0) is 13.4. The molecule has 0 aliphatic carbocycles. The summed E-state index contributed by atoms with van der Waals surface area (Å²) in [6.45, 7) is 3.30. The number of rotatable bonds is 2. The Morgan fingerprint density at radius 1 is 1.11 bits per heavy atom. The smallest absolute Gasteiger partial charge is 0.119 e. The second-order valence-corrected chi connectivity index (χ2v) is 5.20. The van der Waals surface area contributed by atoms with E-state index in [9.17, 15) is 0 Å². The second-order valence-electron chi connectivity index (χ2n) is 5.20. The lowest BCUT2D eigenvalue weighted by molar-refractivity contribution is 0.357. The van der Waals surface area contributed by atoms with Crippen molar-refractivity contribution in [2.24, 2.45) is 0 Å². The molecule has 0 spiro atoms. The van der Waals surface area contributed by atoms with Gasteiger partial charge in [0.1, 0.15) is 5.75 Å². The lowest BCUT2D eigenvalue weighted by Gasteiger charge is -2.18. The summed E-state index contributed by atoms with van der Waals surface area (Å²) in [7, 11) is 3.87. The predicted molar refractivity (Wildman–Crippen MR) is 80.6 cm³/mol. The largest absolute Gasteiger partial charge is 0.497 e. The van der Waals surface area contributed by atoms with E-state index < -0.39 is 0 Å². The molecule has 0 saturated carbocycles. The average molecular weight is 253 g/mol. The Hall–Kier alpha value is -1.80. The molecule has 2 aromatic rings. The Kier molecular flexibility index (Phi) is 3.03. The van der Waals surface area contributed by atoms with Gasteiger partial charge in [-0.25, -0.2) is 0 Å². The van der Waals surface area contributed by atoms with Crippen LogP contribution in [0, 0.1) is 0 Å². The molecule has 1 heterocycles. The maximum Gasteiger partial charge on any atom is 0.119 e. The predicted octanol–water partition coefficient (Wildman–Crippen LogP) is 3.57. The topological polar surface area (TPSA) is 12.5 Å². The molecule has 0 radical (unpaired) electrons. The standard InChI is InChI=1S/C17H19NO/c1-12-17(8-9-18(12)2)15-5-4-14-11-16(19-3)7-6-13(14)10-15/h4-8,10-12H,9H2,1-3H3/t12-/m0/s1. The molecule has 1 atom stereocenters. The highest BCUT2D eigenvalue weighted by Crippen LogP contribution is 2.30. The Bertz CT molecular complexity index is 645. The number of benzene rings is 2. The third-order valence-electron chi connectivity index (χ3n) is 4.09. The van der Waals surface area contributed by atoms with Crippen LogP contribution in [0.4, 0.5) is 0 Å². The fourth-order valence-corrected chi connectivity index (χ4v) is 2.70. The van der Waals surface area contributed by atoms with E-state index in [2.05, 4.69) is 55.3 Å². The Morgan fingerprint density at radius 2 is 1.84 bits per heavy atom. The molecule has 0 unspecified atom stereocenters.